The molecule has 20 heteroatoms. The standard InChI is InChI=1S/C68H78N2O13S5/c1-69(2)36-17-39-84-68(77)70(37-15-34-66(75)82-52(40-78-62(71)30-11-18-48-44-85-58-26-7-3-22-54(48)58)41-79-63(72)31-12-19-49-45-86-59-27-8-4-23-55(49)59)38-16-35-67(76)83-53(42-80-64(73)32-13-20-50-46-87-60-28-9-5-24-56(50)60)43-81-65(74)33-14-21-51-47-88-61-29-10-6-25-57(51)61/h3-10,22-29,44-47,52-53H,11-21,30-43H2,1-2H3. The summed E-state index contributed by atoms with van der Waals surface area (Å²) in [7, 11) is 3.92. The molecule has 0 fully saturated rings. The molecule has 0 saturated heterocycles. The molecule has 0 atom stereocenters. The average Bonchev–Trinajstić information content (AvgIpc) is 4.38. The van der Waals surface area contributed by atoms with Crippen molar-refractivity contribution in [2.24, 2.45) is 0 Å². The molecule has 8 aromatic rings. The van der Waals surface area contributed by atoms with Gasteiger partial charge in [-0.3, -0.25) is 33.6 Å². The van der Waals surface area contributed by atoms with Crippen molar-refractivity contribution >= 4 is 139 Å². The number of fused-ring (bicyclic) bond motifs is 4. The van der Waals surface area contributed by atoms with E-state index in [0.717, 1.165) is 47.0 Å². The zero-order valence-corrected chi connectivity index (χ0v) is 54.2. The summed E-state index contributed by atoms with van der Waals surface area (Å²) in [6.45, 7) is -0.119. The molecule has 0 bridgehead atoms. The van der Waals surface area contributed by atoms with Crippen molar-refractivity contribution in [2.75, 3.05) is 65.9 Å². The lowest BCUT2D eigenvalue weighted by Gasteiger charge is -2.23. The van der Waals surface area contributed by atoms with Crippen LogP contribution in [0, 0.1) is 0 Å². The number of nitrogens with zero attached hydrogens (tertiary/aromatic N) is 2. The van der Waals surface area contributed by atoms with Gasteiger partial charge >= 0.3 is 35.8 Å². The Kier molecular flexibility index (Phi) is 27.6. The summed E-state index contributed by atoms with van der Waals surface area (Å²) in [4.78, 5) is 96.6. The van der Waals surface area contributed by atoms with Gasteiger partial charge in [-0.25, -0.2) is 0 Å². The van der Waals surface area contributed by atoms with Gasteiger partial charge < -0.3 is 38.2 Å². The van der Waals surface area contributed by atoms with Gasteiger partial charge in [0.15, 0.2) is 12.2 Å². The fourth-order valence-electron chi connectivity index (χ4n) is 10.1. The van der Waals surface area contributed by atoms with E-state index in [1.165, 1.54) is 40.3 Å². The highest BCUT2D eigenvalue weighted by Gasteiger charge is 2.24. The van der Waals surface area contributed by atoms with Crippen LogP contribution >= 0.6 is 57.1 Å². The van der Waals surface area contributed by atoms with E-state index < -0.39 is 48.0 Å². The molecule has 4 heterocycles. The normalized spacial score (nSPS) is 11.5. The van der Waals surface area contributed by atoms with Crippen LogP contribution in [0.25, 0.3) is 40.3 Å². The second-order valence-corrected chi connectivity index (χ2v) is 26.6. The van der Waals surface area contributed by atoms with Crippen molar-refractivity contribution in [3.05, 3.63) is 141 Å². The Labute approximate surface area is 534 Å². The molecule has 0 spiro atoms. The largest absolute Gasteiger partial charge is 0.462 e. The van der Waals surface area contributed by atoms with Crippen molar-refractivity contribution in [2.45, 2.75) is 121 Å². The molecule has 0 aliphatic heterocycles. The summed E-state index contributed by atoms with van der Waals surface area (Å²) in [5.74, 6) is -2.55. The molecule has 0 aliphatic rings. The number of benzene rings is 4. The maximum atomic E-state index is 13.7. The Bertz CT molecular complexity index is 3140. The predicted molar refractivity (Wildman–Crippen MR) is 354 cm³/mol. The average molecular weight is 1290 g/mol. The second-order valence-electron chi connectivity index (χ2n) is 21.9. The third-order valence-electron chi connectivity index (χ3n) is 14.7. The van der Waals surface area contributed by atoms with E-state index in [0.29, 0.717) is 57.1 Å². The number of thioether (sulfide) groups is 1. The van der Waals surface area contributed by atoms with Gasteiger partial charge in [-0.1, -0.05) is 84.6 Å². The van der Waals surface area contributed by atoms with Crippen LogP contribution in [0.15, 0.2) is 119 Å². The molecule has 0 saturated carbocycles. The predicted octanol–water partition coefficient (Wildman–Crippen LogP) is 14.6. The number of aryl methyl sites for hydroxylation is 4. The number of thiophene rings is 4. The van der Waals surface area contributed by atoms with Crippen LogP contribution in [-0.2, 0) is 82.9 Å². The number of hydrogen-bond donors (Lipinski definition) is 0. The van der Waals surface area contributed by atoms with Crippen LogP contribution in [0.5, 0.6) is 0 Å². The molecule has 1 amide bonds. The van der Waals surface area contributed by atoms with Crippen molar-refractivity contribution in [3.8, 4) is 0 Å². The third-order valence-corrected chi connectivity index (χ3v) is 19.8. The first-order chi connectivity index (χ1) is 42.8. The van der Waals surface area contributed by atoms with Crippen LogP contribution in [0.3, 0.4) is 0 Å². The molecule has 4 aromatic carbocycles. The fraction of sp³-hybridized carbons (Fsp3) is 0.426. The first kappa shape index (κ1) is 67.3. The van der Waals surface area contributed by atoms with Gasteiger partial charge in [0.1, 0.15) is 26.4 Å². The molecule has 0 N–H and O–H groups in total. The van der Waals surface area contributed by atoms with E-state index >= 15 is 0 Å². The lowest BCUT2D eigenvalue weighted by molar-refractivity contribution is -0.167. The number of amides is 1. The van der Waals surface area contributed by atoms with Gasteiger partial charge in [0.25, 0.3) is 5.24 Å². The summed E-state index contributed by atoms with van der Waals surface area (Å²) < 4.78 is 38.8. The van der Waals surface area contributed by atoms with E-state index in [9.17, 15) is 33.6 Å². The third kappa shape index (κ3) is 22.1. The maximum Gasteiger partial charge on any atom is 0.306 e. The van der Waals surface area contributed by atoms with E-state index in [1.807, 2.05) is 67.5 Å². The molecule has 15 nitrogen and oxygen atoms in total. The lowest BCUT2D eigenvalue weighted by Crippen LogP contribution is -2.33. The number of ether oxygens (including phenoxy) is 6. The van der Waals surface area contributed by atoms with Crippen LogP contribution < -0.4 is 0 Å². The van der Waals surface area contributed by atoms with Gasteiger partial charge in [-0.05, 0) is 181 Å². The molecule has 468 valence electrons. The Morgan fingerprint density at radius 1 is 0.386 bits per heavy atom. The monoisotopic (exact) mass is 1290 g/mol. The number of rotatable bonds is 38. The Hall–Kier alpha value is -6.68. The van der Waals surface area contributed by atoms with Crippen LogP contribution in [0.1, 0.15) is 106 Å². The summed E-state index contributed by atoms with van der Waals surface area (Å²) in [6.07, 6.45) is 4.42. The Balaban J connectivity index is 0.819. The van der Waals surface area contributed by atoms with E-state index in [2.05, 4.69) is 70.1 Å². The van der Waals surface area contributed by atoms with E-state index in [1.54, 1.807) is 50.2 Å². The Morgan fingerprint density at radius 3 is 0.989 bits per heavy atom. The lowest BCUT2D eigenvalue weighted by atomic mass is 10.1. The first-order valence-corrected chi connectivity index (χ1v) is 34.7. The number of esters is 6. The first-order valence-electron chi connectivity index (χ1n) is 30.2. The van der Waals surface area contributed by atoms with Crippen LogP contribution in [0.2, 0.25) is 0 Å². The molecule has 0 radical (unpaired) electrons. The molecule has 0 aliphatic carbocycles. The van der Waals surface area contributed by atoms with Crippen LogP contribution in [-0.4, -0.2) is 129 Å². The molecule has 88 heavy (non-hydrogen) atoms. The van der Waals surface area contributed by atoms with Gasteiger partial charge in [-0.15, -0.1) is 45.3 Å². The van der Waals surface area contributed by atoms with Gasteiger partial charge in [0, 0.05) is 76.2 Å². The summed E-state index contributed by atoms with van der Waals surface area (Å²) in [6, 6.07) is 32.5. The second kappa shape index (κ2) is 36.1. The number of carbonyl (C=O) groups excluding carboxylic acids is 7. The van der Waals surface area contributed by atoms with Crippen molar-refractivity contribution < 1.29 is 62.0 Å². The van der Waals surface area contributed by atoms with Crippen molar-refractivity contribution in [1.29, 1.82) is 0 Å². The smallest absolute Gasteiger partial charge is 0.306 e. The van der Waals surface area contributed by atoms with E-state index in [4.69, 9.17) is 28.4 Å². The minimum atomic E-state index is -1.07. The zero-order chi connectivity index (χ0) is 61.9. The van der Waals surface area contributed by atoms with Crippen molar-refractivity contribution in [1.82, 2.24) is 9.80 Å². The molecule has 4 aromatic heterocycles. The number of hydrogen-bond acceptors (Lipinski definition) is 19. The summed E-state index contributed by atoms with van der Waals surface area (Å²) in [5, 5.41) is 12.9. The SMILES string of the molecule is CN(C)CCCSC(=O)N(CCCC(=O)OC(COC(=O)CCCc1csc2ccccc12)COC(=O)CCCc1csc2ccccc12)CCCC(=O)OC(COC(=O)CCCc1csc2ccccc12)COC(=O)CCCc1csc2ccccc12. The van der Waals surface area contributed by atoms with Crippen molar-refractivity contribution in [3.63, 3.8) is 0 Å². The minimum absolute atomic E-state index is 0.104. The molecule has 0 unspecified atom stereocenters. The fourth-order valence-corrected chi connectivity index (χ4v) is 14.9. The highest BCUT2D eigenvalue weighted by Crippen LogP contribution is 2.30. The number of carbonyl (C=O) groups is 7. The summed E-state index contributed by atoms with van der Waals surface area (Å²) >= 11 is 7.81. The topological polar surface area (TPSA) is 181 Å². The van der Waals surface area contributed by atoms with Gasteiger partial charge in [-0.2, -0.15) is 0 Å². The highest BCUT2D eigenvalue weighted by atomic mass is 32.2. The molecular weight excluding hydrogens is 1210 g/mol. The Morgan fingerprint density at radius 2 is 0.682 bits per heavy atom. The maximum absolute atomic E-state index is 13.7. The van der Waals surface area contributed by atoms with E-state index in [-0.39, 0.29) is 96.1 Å². The summed E-state index contributed by atoms with van der Waals surface area (Å²) in [5.41, 5.74) is 4.66. The quantitative estimate of drug-likeness (QED) is 0.0202. The van der Waals surface area contributed by atoms with Gasteiger partial charge in [0.2, 0.25) is 0 Å². The van der Waals surface area contributed by atoms with Crippen LogP contribution in [0.4, 0.5) is 4.79 Å². The minimum Gasteiger partial charge on any atom is -0.462 e. The van der Waals surface area contributed by atoms with Gasteiger partial charge in [0.05, 0.1) is 0 Å². The zero-order valence-electron chi connectivity index (χ0n) is 50.1. The molecular formula is C68H78N2O13S5. The molecule has 8 rings (SSSR count). The highest BCUT2D eigenvalue weighted by molar-refractivity contribution is 8.13.